The van der Waals surface area contributed by atoms with E-state index in [1.54, 1.807) is 0 Å². The molecule has 26 heavy (non-hydrogen) atoms. The predicted molar refractivity (Wildman–Crippen MR) is 97.7 cm³/mol. The van der Waals surface area contributed by atoms with E-state index in [0.29, 0.717) is 25.0 Å². The zero-order valence-electron chi connectivity index (χ0n) is 15.1. The first-order valence-electron chi connectivity index (χ1n) is 9.58. The van der Waals surface area contributed by atoms with Gasteiger partial charge in [0, 0.05) is 69.5 Å². The van der Waals surface area contributed by atoms with Crippen LogP contribution in [0.1, 0.15) is 43.0 Å². The molecule has 0 radical (unpaired) electrons. The van der Waals surface area contributed by atoms with Gasteiger partial charge in [-0.05, 0) is 43.4 Å². The number of piperidine rings is 1. The van der Waals surface area contributed by atoms with Crippen molar-refractivity contribution < 1.29 is 9.53 Å². The van der Waals surface area contributed by atoms with E-state index < -0.39 is 0 Å². The second-order valence-electron chi connectivity index (χ2n) is 7.28. The number of carbonyl (C=O) groups excluding carboxylic acids is 1. The summed E-state index contributed by atoms with van der Waals surface area (Å²) >= 11 is 0. The minimum absolute atomic E-state index is 0.138. The first kappa shape index (κ1) is 17.2. The summed E-state index contributed by atoms with van der Waals surface area (Å²) < 4.78 is 7.61. The van der Waals surface area contributed by atoms with Crippen molar-refractivity contribution in [2.75, 3.05) is 26.3 Å². The largest absolute Gasteiger partial charge is 0.381 e. The lowest BCUT2D eigenvalue weighted by Gasteiger charge is -2.35. The molecule has 0 unspecified atom stereocenters. The average Bonchev–Trinajstić information content (AvgIpc) is 3.17. The van der Waals surface area contributed by atoms with E-state index in [2.05, 4.69) is 19.4 Å². The van der Waals surface area contributed by atoms with Crippen LogP contribution >= 0.6 is 0 Å². The molecule has 6 nitrogen and oxygen atoms in total. The minimum atomic E-state index is 0.138. The van der Waals surface area contributed by atoms with Crippen LogP contribution in [0.3, 0.4) is 0 Å². The highest BCUT2D eigenvalue weighted by Gasteiger charge is 2.31. The van der Waals surface area contributed by atoms with Gasteiger partial charge in [-0.2, -0.15) is 0 Å². The lowest BCUT2D eigenvalue weighted by molar-refractivity contribution is -0.139. The molecule has 0 N–H and O–H groups in total. The van der Waals surface area contributed by atoms with Gasteiger partial charge >= 0.3 is 0 Å². The Morgan fingerprint density at radius 2 is 1.96 bits per heavy atom. The van der Waals surface area contributed by atoms with Crippen LogP contribution in [0.5, 0.6) is 0 Å². The molecular weight excluding hydrogens is 328 g/mol. The second-order valence-corrected chi connectivity index (χ2v) is 7.28. The van der Waals surface area contributed by atoms with Crippen molar-refractivity contribution in [1.82, 2.24) is 19.4 Å². The van der Waals surface area contributed by atoms with E-state index in [0.717, 1.165) is 51.1 Å². The highest BCUT2D eigenvalue weighted by molar-refractivity contribution is 5.79. The molecule has 2 fully saturated rings. The molecule has 1 amide bonds. The van der Waals surface area contributed by atoms with Crippen LogP contribution in [0, 0.1) is 5.92 Å². The number of pyridine rings is 1. The summed E-state index contributed by atoms with van der Waals surface area (Å²) in [6, 6.07) is 4.07. The molecule has 0 aliphatic carbocycles. The summed E-state index contributed by atoms with van der Waals surface area (Å²) in [6.07, 6.45) is 11.4. The van der Waals surface area contributed by atoms with Crippen molar-refractivity contribution in [1.29, 1.82) is 0 Å². The van der Waals surface area contributed by atoms with Gasteiger partial charge in [-0.25, -0.2) is 4.98 Å². The summed E-state index contributed by atoms with van der Waals surface area (Å²) in [4.78, 5) is 23.7. The lowest BCUT2D eigenvalue weighted by Crippen LogP contribution is -2.44. The van der Waals surface area contributed by atoms with Gasteiger partial charge in [0.2, 0.25) is 5.91 Å². The first-order valence-corrected chi connectivity index (χ1v) is 9.58. The van der Waals surface area contributed by atoms with E-state index in [4.69, 9.17) is 4.74 Å². The third kappa shape index (κ3) is 3.80. The smallest absolute Gasteiger partial charge is 0.225 e. The number of amides is 1. The Labute approximate surface area is 154 Å². The average molecular weight is 354 g/mol. The maximum atomic E-state index is 12.9. The number of aromatic nitrogens is 3. The van der Waals surface area contributed by atoms with Crippen molar-refractivity contribution in [2.24, 2.45) is 5.92 Å². The Balaban J connectivity index is 1.45. The van der Waals surface area contributed by atoms with Crippen molar-refractivity contribution >= 4 is 5.91 Å². The van der Waals surface area contributed by atoms with Crippen molar-refractivity contribution in [3.8, 4) is 0 Å². The van der Waals surface area contributed by atoms with Crippen LogP contribution in [0.25, 0.3) is 0 Å². The molecular formula is C20H26N4O2. The number of rotatable bonds is 4. The van der Waals surface area contributed by atoms with Crippen LogP contribution in [-0.4, -0.2) is 51.6 Å². The fourth-order valence-electron chi connectivity index (χ4n) is 4.09. The molecule has 4 heterocycles. The highest BCUT2D eigenvalue weighted by Crippen LogP contribution is 2.28. The molecule has 2 aromatic heterocycles. The number of nitrogens with zero attached hydrogens (tertiary/aromatic N) is 4. The van der Waals surface area contributed by atoms with E-state index in [9.17, 15) is 4.79 Å². The van der Waals surface area contributed by atoms with Gasteiger partial charge < -0.3 is 14.2 Å². The molecule has 0 aromatic carbocycles. The summed E-state index contributed by atoms with van der Waals surface area (Å²) in [6.45, 7) is 3.87. The highest BCUT2D eigenvalue weighted by atomic mass is 16.5. The van der Waals surface area contributed by atoms with Crippen molar-refractivity contribution in [3.05, 3.63) is 48.3 Å². The summed E-state index contributed by atoms with van der Waals surface area (Å²) in [5.41, 5.74) is 1.21. The fraction of sp³-hybridized carbons (Fsp3) is 0.550. The monoisotopic (exact) mass is 354 g/mol. The molecule has 0 spiro atoms. The van der Waals surface area contributed by atoms with Gasteiger partial charge in [0.25, 0.3) is 0 Å². The van der Waals surface area contributed by atoms with E-state index >= 15 is 0 Å². The van der Waals surface area contributed by atoms with E-state index in [1.807, 2.05) is 36.9 Å². The van der Waals surface area contributed by atoms with Gasteiger partial charge in [0.1, 0.15) is 5.82 Å². The summed E-state index contributed by atoms with van der Waals surface area (Å²) in [7, 11) is 0. The van der Waals surface area contributed by atoms with Crippen LogP contribution < -0.4 is 0 Å². The van der Waals surface area contributed by atoms with Crippen LogP contribution in [0.15, 0.2) is 36.9 Å². The standard InChI is InChI=1S/C20H26N4O2/c25-20(17-5-12-26-13-6-17)24-10-1-2-18(15-24)19-22-9-11-23(19)14-16-3-7-21-8-4-16/h3-4,7-9,11,17-18H,1-2,5-6,10,12-15H2/t18-/m1/s1. The van der Waals surface area contributed by atoms with Gasteiger partial charge in [-0.3, -0.25) is 9.78 Å². The van der Waals surface area contributed by atoms with Gasteiger partial charge in [0.05, 0.1) is 0 Å². The van der Waals surface area contributed by atoms with Gasteiger partial charge in [-0.1, -0.05) is 0 Å². The predicted octanol–water partition coefficient (Wildman–Crippen LogP) is 2.46. The maximum Gasteiger partial charge on any atom is 0.225 e. The molecule has 2 aliphatic heterocycles. The van der Waals surface area contributed by atoms with Gasteiger partial charge in [-0.15, -0.1) is 0 Å². The second kappa shape index (κ2) is 7.99. The number of likely N-dealkylation sites (tertiary alicyclic amines) is 1. The number of imidazole rings is 1. The Morgan fingerprint density at radius 1 is 1.15 bits per heavy atom. The zero-order chi connectivity index (χ0) is 17.8. The van der Waals surface area contributed by atoms with E-state index in [-0.39, 0.29) is 5.92 Å². The Hall–Kier alpha value is -2.21. The topological polar surface area (TPSA) is 60.2 Å². The third-order valence-electron chi connectivity index (χ3n) is 5.52. The van der Waals surface area contributed by atoms with E-state index in [1.165, 1.54) is 5.56 Å². The molecule has 6 heteroatoms. The van der Waals surface area contributed by atoms with Crippen LogP contribution in [0.4, 0.5) is 0 Å². The minimum Gasteiger partial charge on any atom is -0.381 e. The number of hydrogen-bond donors (Lipinski definition) is 0. The fourth-order valence-corrected chi connectivity index (χ4v) is 4.09. The molecule has 138 valence electrons. The van der Waals surface area contributed by atoms with Crippen LogP contribution in [-0.2, 0) is 16.1 Å². The summed E-state index contributed by atoms with van der Waals surface area (Å²) in [5.74, 6) is 1.85. The molecule has 2 aromatic rings. The number of hydrogen-bond acceptors (Lipinski definition) is 4. The molecule has 0 bridgehead atoms. The van der Waals surface area contributed by atoms with Crippen molar-refractivity contribution in [2.45, 2.75) is 38.1 Å². The zero-order valence-corrected chi connectivity index (χ0v) is 15.1. The molecule has 2 saturated heterocycles. The number of carbonyl (C=O) groups is 1. The number of ether oxygens (including phenoxy) is 1. The maximum absolute atomic E-state index is 12.9. The Bertz CT molecular complexity index is 724. The SMILES string of the molecule is O=C(C1CCOCC1)N1CCC[C@@H](c2nccn2Cc2ccncc2)C1. The first-order chi connectivity index (χ1) is 12.8. The normalized spacial score (nSPS) is 21.7. The van der Waals surface area contributed by atoms with Crippen molar-refractivity contribution in [3.63, 3.8) is 0 Å². The molecule has 4 rings (SSSR count). The third-order valence-corrected chi connectivity index (χ3v) is 5.52. The molecule has 0 saturated carbocycles. The quantitative estimate of drug-likeness (QED) is 0.846. The molecule has 2 aliphatic rings. The Morgan fingerprint density at radius 3 is 2.77 bits per heavy atom. The summed E-state index contributed by atoms with van der Waals surface area (Å²) in [5, 5.41) is 0. The van der Waals surface area contributed by atoms with Gasteiger partial charge in [0.15, 0.2) is 0 Å². The lowest BCUT2D eigenvalue weighted by atomic mass is 9.93. The molecule has 1 atom stereocenters. The Kier molecular flexibility index (Phi) is 5.29. The van der Waals surface area contributed by atoms with Crippen LogP contribution in [0.2, 0.25) is 0 Å².